The molecule has 4 nitrogen and oxygen atoms in total. The van der Waals surface area contributed by atoms with Gasteiger partial charge < -0.3 is 15.4 Å². The van der Waals surface area contributed by atoms with Gasteiger partial charge in [-0.2, -0.15) is 13.2 Å². The van der Waals surface area contributed by atoms with Gasteiger partial charge in [0.25, 0.3) is 5.91 Å². The molecular formula is C10H17F3N2O2. The van der Waals surface area contributed by atoms with E-state index in [4.69, 9.17) is 10.5 Å². The lowest BCUT2D eigenvalue weighted by Crippen LogP contribution is -2.50. The van der Waals surface area contributed by atoms with Crippen LogP contribution >= 0.6 is 0 Å². The third-order valence-corrected chi connectivity index (χ3v) is 2.97. The molecule has 7 heteroatoms. The lowest BCUT2D eigenvalue weighted by molar-refractivity contribution is -0.189. The predicted molar refractivity (Wildman–Crippen MR) is 55.2 cm³/mol. The van der Waals surface area contributed by atoms with E-state index in [0.29, 0.717) is 13.0 Å². The number of amides is 1. The largest absolute Gasteiger partial charge is 0.393 e. The molecule has 0 saturated carbocycles. The molecule has 0 bridgehead atoms. The summed E-state index contributed by atoms with van der Waals surface area (Å²) in [4.78, 5) is 13.0. The Morgan fingerprint density at radius 3 is 2.71 bits per heavy atom. The highest BCUT2D eigenvalue weighted by molar-refractivity contribution is 5.81. The maximum absolute atomic E-state index is 12.5. The molecule has 1 aliphatic heterocycles. The average molecular weight is 254 g/mol. The van der Waals surface area contributed by atoms with Crippen LogP contribution in [0, 0.1) is 5.92 Å². The number of rotatable bonds is 3. The second-order valence-electron chi connectivity index (χ2n) is 4.13. The highest BCUT2D eigenvalue weighted by Crippen LogP contribution is 2.33. The van der Waals surface area contributed by atoms with E-state index in [1.54, 1.807) is 0 Å². The van der Waals surface area contributed by atoms with Crippen LogP contribution in [-0.4, -0.2) is 49.8 Å². The summed E-state index contributed by atoms with van der Waals surface area (Å²) in [5, 5.41) is 0. The highest BCUT2D eigenvalue weighted by Gasteiger charge is 2.43. The molecule has 1 fully saturated rings. The number of ether oxygens (including phenoxy) is 1. The summed E-state index contributed by atoms with van der Waals surface area (Å²) in [6.45, 7) is 0.0238. The van der Waals surface area contributed by atoms with E-state index in [1.807, 2.05) is 0 Å². The minimum absolute atomic E-state index is 0.0253. The van der Waals surface area contributed by atoms with Crippen molar-refractivity contribution in [2.45, 2.75) is 25.1 Å². The first-order chi connectivity index (χ1) is 7.90. The summed E-state index contributed by atoms with van der Waals surface area (Å²) in [7, 11) is 1.32. The van der Waals surface area contributed by atoms with Crippen molar-refractivity contribution in [3.8, 4) is 0 Å². The van der Waals surface area contributed by atoms with Crippen LogP contribution in [0.1, 0.15) is 12.8 Å². The molecule has 2 atom stereocenters. The topological polar surface area (TPSA) is 55.6 Å². The number of likely N-dealkylation sites (tertiary alicyclic amines) is 1. The number of nitrogens with zero attached hydrogens (tertiary/aromatic N) is 1. The summed E-state index contributed by atoms with van der Waals surface area (Å²) in [6.07, 6.45) is -4.66. The van der Waals surface area contributed by atoms with Crippen molar-refractivity contribution in [2.24, 2.45) is 11.7 Å². The molecule has 17 heavy (non-hydrogen) atoms. The van der Waals surface area contributed by atoms with Crippen LogP contribution in [-0.2, 0) is 9.53 Å². The number of carbonyl (C=O) groups excluding carboxylic acids is 1. The van der Waals surface area contributed by atoms with Crippen LogP contribution in [0.5, 0.6) is 0 Å². The predicted octanol–water partition coefficient (Wildman–Crippen LogP) is 0.761. The van der Waals surface area contributed by atoms with Crippen molar-refractivity contribution < 1.29 is 22.7 Å². The Hall–Kier alpha value is -0.820. The van der Waals surface area contributed by atoms with Crippen molar-refractivity contribution in [3.05, 3.63) is 0 Å². The van der Waals surface area contributed by atoms with E-state index in [-0.39, 0.29) is 19.5 Å². The molecule has 2 unspecified atom stereocenters. The zero-order chi connectivity index (χ0) is 13.1. The van der Waals surface area contributed by atoms with Gasteiger partial charge in [-0.25, -0.2) is 0 Å². The Morgan fingerprint density at radius 2 is 2.24 bits per heavy atom. The maximum Gasteiger partial charge on any atom is 0.393 e. The van der Waals surface area contributed by atoms with Gasteiger partial charge in [0.15, 0.2) is 0 Å². The summed E-state index contributed by atoms with van der Waals surface area (Å²) in [6, 6.07) is 0. The van der Waals surface area contributed by atoms with Crippen molar-refractivity contribution >= 4 is 5.91 Å². The molecule has 2 N–H and O–H groups in total. The van der Waals surface area contributed by atoms with Crippen LogP contribution in [0.3, 0.4) is 0 Å². The molecule has 0 aromatic carbocycles. The maximum atomic E-state index is 12.5. The molecule has 1 rings (SSSR count). The van der Waals surface area contributed by atoms with Crippen molar-refractivity contribution in [3.63, 3.8) is 0 Å². The van der Waals surface area contributed by atoms with Gasteiger partial charge in [-0.05, 0) is 12.8 Å². The van der Waals surface area contributed by atoms with Gasteiger partial charge >= 0.3 is 6.18 Å². The Kier molecular flexibility index (Phi) is 4.76. The molecule has 0 aliphatic carbocycles. The fourth-order valence-corrected chi connectivity index (χ4v) is 1.95. The second-order valence-corrected chi connectivity index (χ2v) is 4.13. The summed E-state index contributed by atoms with van der Waals surface area (Å²) in [5.41, 5.74) is 5.32. The molecule has 100 valence electrons. The summed E-state index contributed by atoms with van der Waals surface area (Å²) < 4.78 is 42.5. The van der Waals surface area contributed by atoms with E-state index in [9.17, 15) is 18.0 Å². The molecule has 1 amide bonds. The summed E-state index contributed by atoms with van der Waals surface area (Å²) >= 11 is 0. The first kappa shape index (κ1) is 14.2. The zero-order valence-corrected chi connectivity index (χ0v) is 9.67. The van der Waals surface area contributed by atoms with E-state index >= 15 is 0 Å². The monoisotopic (exact) mass is 254 g/mol. The van der Waals surface area contributed by atoms with Gasteiger partial charge in [0.2, 0.25) is 0 Å². The SMILES string of the molecule is COC(CN)C(=O)N1CCCC(C(F)(F)F)C1. The fraction of sp³-hybridized carbons (Fsp3) is 0.900. The third-order valence-electron chi connectivity index (χ3n) is 2.97. The second kappa shape index (κ2) is 5.68. The minimum atomic E-state index is -4.25. The van der Waals surface area contributed by atoms with Crippen LogP contribution in [0.4, 0.5) is 13.2 Å². The summed E-state index contributed by atoms with van der Waals surface area (Å²) in [5.74, 6) is -1.89. The van der Waals surface area contributed by atoms with Crippen LogP contribution in [0.15, 0.2) is 0 Å². The van der Waals surface area contributed by atoms with E-state index in [1.165, 1.54) is 12.0 Å². The van der Waals surface area contributed by atoms with Crippen LogP contribution in [0.25, 0.3) is 0 Å². The molecule has 1 aliphatic rings. The smallest absolute Gasteiger partial charge is 0.370 e. The molecular weight excluding hydrogens is 237 g/mol. The quantitative estimate of drug-likeness (QED) is 0.809. The van der Waals surface area contributed by atoms with Gasteiger partial charge in [-0.1, -0.05) is 0 Å². The number of halogens is 3. The van der Waals surface area contributed by atoms with E-state index in [2.05, 4.69) is 0 Å². The van der Waals surface area contributed by atoms with E-state index < -0.39 is 24.1 Å². The number of methoxy groups -OCH3 is 1. The van der Waals surface area contributed by atoms with Gasteiger partial charge in [0, 0.05) is 26.7 Å². The Bertz CT molecular complexity index is 267. The third kappa shape index (κ3) is 3.57. The normalized spacial score (nSPS) is 23.6. The molecule has 1 heterocycles. The van der Waals surface area contributed by atoms with Gasteiger partial charge in [-0.15, -0.1) is 0 Å². The number of hydrogen-bond acceptors (Lipinski definition) is 3. The number of alkyl halides is 3. The molecule has 0 radical (unpaired) electrons. The lowest BCUT2D eigenvalue weighted by Gasteiger charge is -2.35. The number of nitrogens with two attached hydrogens (primary N) is 1. The number of hydrogen-bond donors (Lipinski definition) is 1. The molecule has 0 spiro atoms. The Labute approximate surface area is 97.9 Å². The Morgan fingerprint density at radius 1 is 1.59 bits per heavy atom. The standard InChI is InChI=1S/C10H17F3N2O2/c1-17-8(5-14)9(16)15-4-2-3-7(6-15)10(11,12)13/h7-8H,2-6,14H2,1H3. The van der Waals surface area contributed by atoms with Gasteiger partial charge in [0.1, 0.15) is 6.10 Å². The Balaban J connectivity index is 2.63. The van der Waals surface area contributed by atoms with Crippen LogP contribution < -0.4 is 5.73 Å². The minimum Gasteiger partial charge on any atom is -0.370 e. The number of piperidine rings is 1. The van der Waals surface area contributed by atoms with Gasteiger partial charge in [-0.3, -0.25) is 4.79 Å². The average Bonchev–Trinajstić information content (AvgIpc) is 2.29. The molecule has 0 aromatic heterocycles. The fourth-order valence-electron chi connectivity index (χ4n) is 1.95. The molecule has 0 aromatic rings. The lowest BCUT2D eigenvalue weighted by atomic mass is 9.97. The van der Waals surface area contributed by atoms with Crippen LogP contribution in [0.2, 0.25) is 0 Å². The first-order valence-corrected chi connectivity index (χ1v) is 5.48. The zero-order valence-electron chi connectivity index (χ0n) is 9.67. The van der Waals surface area contributed by atoms with Crippen molar-refractivity contribution in [2.75, 3.05) is 26.7 Å². The van der Waals surface area contributed by atoms with Crippen molar-refractivity contribution in [1.82, 2.24) is 4.90 Å². The molecule has 1 saturated heterocycles. The van der Waals surface area contributed by atoms with Crippen molar-refractivity contribution in [1.29, 1.82) is 0 Å². The first-order valence-electron chi connectivity index (χ1n) is 5.48. The van der Waals surface area contributed by atoms with E-state index in [0.717, 1.165) is 0 Å². The number of carbonyl (C=O) groups is 1. The van der Waals surface area contributed by atoms with Gasteiger partial charge in [0.05, 0.1) is 5.92 Å². The highest BCUT2D eigenvalue weighted by atomic mass is 19.4.